The van der Waals surface area contributed by atoms with Gasteiger partial charge in [0.1, 0.15) is 12.4 Å². The van der Waals surface area contributed by atoms with Crippen molar-refractivity contribution in [3.8, 4) is 0 Å². The first-order valence-electron chi connectivity index (χ1n) is 7.27. The van der Waals surface area contributed by atoms with Crippen molar-refractivity contribution in [3.05, 3.63) is 59.4 Å². The van der Waals surface area contributed by atoms with E-state index in [9.17, 15) is 14.0 Å². The summed E-state index contributed by atoms with van der Waals surface area (Å²) in [5, 5.41) is 2.74. The van der Waals surface area contributed by atoms with E-state index in [0.717, 1.165) is 16.0 Å². The largest absolute Gasteiger partial charge is 0.325 e. The predicted octanol–water partition coefficient (Wildman–Crippen LogP) is 3.43. The average molecular weight is 314 g/mol. The third-order valence-corrected chi connectivity index (χ3v) is 3.33. The second kappa shape index (κ2) is 7.05. The van der Waals surface area contributed by atoms with Crippen LogP contribution in [0.25, 0.3) is 0 Å². The summed E-state index contributed by atoms with van der Waals surface area (Å²) in [5.41, 5.74) is 2.80. The lowest BCUT2D eigenvalue weighted by molar-refractivity contribution is -0.120. The Kier molecular flexibility index (Phi) is 5.11. The lowest BCUT2D eigenvalue weighted by Crippen LogP contribution is -2.37. The number of nitrogens with zero attached hydrogens (tertiary/aromatic N) is 1. The molecule has 120 valence electrons. The van der Waals surface area contributed by atoms with Gasteiger partial charge < -0.3 is 10.2 Å². The van der Waals surface area contributed by atoms with Gasteiger partial charge >= 0.3 is 0 Å². The van der Waals surface area contributed by atoms with Crippen LogP contribution < -0.4 is 10.2 Å². The van der Waals surface area contributed by atoms with E-state index in [1.807, 2.05) is 32.0 Å². The van der Waals surface area contributed by atoms with E-state index in [-0.39, 0.29) is 18.1 Å². The molecule has 4 nitrogen and oxygen atoms in total. The van der Waals surface area contributed by atoms with Gasteiger partial charge in [-0.1, -0.05) is 18.2 Å². The first-order chi connectivity index (χ1) is 10.9. The monoisotopic (exact) mass is 314 g/mol. The van der Waals surface area contributed by atoms with Crippen LogP contribution in [-0.2, 0) is 9.59 Å². The molecule has 0 aliphatic rings. The Hall–Kier alpha value is -2.69. The van der Waals surface area contributed by atoms with E-state index >= 15 is 0 Å². The molecule has 2 rings (SSSR count). The average Bonchev–Trinajstić information content (AvgIpc) is 2.44. The number of rotatable bonds is 4. The predicted molar refractivity (Wildman–Crippen MR) is 89.0 cm³/mol. The normalized spacial score (nSPS) is 10.3. The van der Waals surface area contributed by atoms with Crippen molar-refractivity contribution in [2.24, 2.45) is 0 Å². The third kappa shape index (κ3) is 4.39. The molecule has 0 unspecified atom stereocenters. The standard InChI is InChI=1S/C18H19FN2O2/c1-12-8-13(2)10-15(9-12)20-18(23)11-21(14(3)22)17-7-5-4-6-16(17)19/h4-10H,11H2,1-3H3,(H,20,23). The Labute approximate surface area is 134 Å². The molecule has 0 radical (unpaired) electrons. The quantitative estimate of drug-likeness (QED) is 0.940. The number of hydrogen-bond donors (Lipinski definition) is 1. The van der Waals surface area contributed by atoms with E-state index < -0.39 is 11.7 Å². The molecule has 1 N–H and O–H groups in total. The molecule has 0 aromatic heterocycles. The maximum atomic E-state index is 13.9. The van der Waals surface area contributed by atoms with Gasteiger partial charge in [0.25, 0.3) is 0 Å². The van der Waals surface area contributed by atoms with Crippen LogP contribution >= 0.6 is 0 Å². The van der Waals surface area contributed by atoms with Crippen LogP contribution in [0.5, 0.6) is 0 Å². The van der Waals surface area contributed by atoms with Gasteiger partial charge in [0.05, 0.1) is 5.69 Å². The Morgan fingerprint density at radius 1 is 1.09 bits per heavy atom. The number of halogens is 1. The number of nitrogens with one attached hydrogen (secondary N) is 1. The molecular formula is C18H19FN2O2. The highest BCUT2D eigenvalue weighted by Gasteiger charge is 2.18. The van der Waals surface area contributed by atoms with Crippen LogP contribution in [0.4, 0.5) is 15.8 Å². The van der Waals surface area contributed by atoms with Gasteiger partial charge in [-0.2, -0.15) is 0 Å². The summed E-state index contributed by atoms with van der Waals surface area (Å²) in [7, 11) is 0. The SMILES string of the molecule is CC(=O)N(CC(=O)Nc1cc(C)cc(C)c1)c1ccccc1F. The molecule has 0 heterocycles. The van der Waals surface area contributed by atoms with Gasteiger partial charge in [0.2, 0.25) is 11.8 Å². The highest BCUT2D eigenvalue weighted by molar-refractivity contribution is 6.01. The molecule has 0 saturated heterocycles. The summed E-state index contributed by atoms with van der Waals surface area (Å²) in [6.07, 6.45) is 0. The van der Waals surface area contributed by atoms with E-state index in [1.165, 1.54) is 25.1 Å². The van der Waals surface area contributed by atoms with Crippen molar-refractivity contribution >= 4 is 23.2 Å². The smallest absolute Gasteiger partial charge is 0.244 e. The Morgan fingerprint density at radius 2 is 1.70 bits per heavy atom. The van der Waals surface area contributed by atoms with Gasteiger partial charge in [0.15, 0.2) is 0 Å². The van der Waals surface area contributed by atoms with Gasteiger partial charge in [-0.15, -0.1) is 0 Å². The molecule has 0 fully saturated rings. The number of amides is 2. The maximum Gasteiger partial charge on any atom is 0.244 e. The zero-order valence-electron chi connectivity index (χ0n) is 13.4. The van der Waals surface area contributed by atoms with Crippen LogP contribution in [0.2, 0.25) is 0 Å². The molecular weight excluding hydrogens is 295 g/mol. The number of hydrogen-bond acceptors (Lipinski definition) is 2. The molecule has 2 amide bonds. The van der Waals surface area contributed by atoms with Crippen LogP contribution in [0.3, 0.4) is 0 Å². The maximum absolute atomic E-state index is 13.9. The van der Waals surface area contributed by atoms with Gasteiger partial charge in [0, 0.05) is 12.6 Å². The minimum atomic E-state index is -0.540. The fourth-order valence-corrected chi connectivity index (χ4v) is 2.43. The number of benzene rings is 2. The fraction of sp³-hybridized carbons (Fsp3) is 0.222. The molecule has 2 aromatic rings. The first-order valence-corrected chi connectivity index (χ1v) is 7.27. The molecule has 0 spiro atoms. The van der Waals surface area contributed by atoms with Gasteiger partial charge in [-0.05, 0) is 49.2 Å². The second-order valence-corrected chi connectivity index (χ2v) is 5.48. The fourth-order valence-electron chi connectivity index (χ4n) is 2.43. The molecule has 5 heteroatoms. The number of carbonyl (C=O) groups excluding carboxylic acids is 2. The van der Waals surface area contributed by atoms with Crippen molar-refractivity contribution in [2.75, 3.05) is 16.8 Å². The van der Waals surface area contributed by atoms with Crippen LogP contribution in [0.1, 0.15) is 18.1 Å². The lowest BCUT2D eigenvalue weighted by atomic mass is 10.1. The molecule has 0 aliphatic heterocycles. The zero-order chi connectivity index (χ0) is 17.0. The number of carbonyl (C=O) groups is 2. The second-order valence-electron chi connectivity index (χ2n) is 5.48. The Balaban J connectivity index is 2.16. The molecule has 23 heavy (non-hydrogen) atoms. The summed E-state index contributed by atoms with van der Waals surface area (Å²) < 4.78 is 13.9. The third-order valence-electron chi connectivity index (χ3n) is 3.33. The highest BCUT2D eigenvalue weighted by Crippen LogP contribution is 2.19. The van der Waals surface area contributed by atoms with Gasteiger partial charge in [-0.3, -0.25) is 9.59 Å². The van der Waals surface area contributed by atoms with E-state index in [0.29, 0.717) is 5.69 Å². The molecule has 2 aromatic carbocycles. The van der Waals surface area contributed by atoms with Crippen molar-refractivity contribution in [3.63, 3.8) is 0 Å². The van der Waals surface area contributed by atoms with Crippen molar-refractivity contribution < 1.29 is 14.0 Å². The zero-order valence-corrected chi connectivity index (χ0v) is 13.4. The van der Waals surface area contributed by atoms with E-state index in [4.69, 9.17) is 0 Å². The first kappa shape index (κ1) is 16.7. The lowest BCUT2D eigenvalue weighted by Gasteiger charge is -2.21. The minimum Gasteiger partial charge on any atom is -0.325 e. The topological polar surface area (TPSA) is 49.4 Å². The van der Waals surface area contributed by atoms with E-state index in [1.54, 1.807) is 6.07 Å². The van der Waals surface area contributed by atoms with Gasteiger partial charge in [-0.25, -0.2) is 4.39 Å². The molecule has 0 atom stereocenters. The molecule has 0 bridgehead atoms. The molecule has 0 aliphatic carbocycles. The van der Waals surface area contributed by atoms with E-state index in [2.05, 4.69) is 5.32 Å². The van der Waals surface area contributed by atoms with Crippen molar-refractivity contribution in [1.82, 2.24) is 0 Å². The Morgan fingerprint density at radius 3 is 2.26 bits per heavy atom. The number of aryl methyl sites for hydroxylation is 2. The number of para-hydroxylation sites is 1. The van der Waals surface area contributed by atoms with Crippen LogP contribution in [-0.4, -0.2) is 18.4 Å². The van der Waals surface area contributed by atoms with Crippen molar-refractivity contribution in [1.29, 1.82) is 0 Å². The summed E-state index contributed by atoms with van der Waals surface area (Å²) in [6, 6.07) is 11.6. The summed E-state index contributed by atoms with van der Waals surface area (Å²) in [6.45, 7) is 4.92. The highest BCUT2D eigenvalue weighted by atomic mass is 19.1. The van der Waals surface area contributed by atoms with Crippen molar-refractivity contribution in [2.45, 2.75) is 20.8 Å². The minimum absolute atomic E-state index is 0.0931. The molecule has 0 saturated carbocycles. The van der Waals surface area contributed by atoms with Crippen LogP contribution in [0.15, 0.2) is 42.5 Å². The number of anilines is 2. The summed E-state index contributed by atoms with van der Waals surface area (Å²) in [4.78, 5) is 25.1. The Bertz CT molecular complexity index is 723. The summed E-state index contributed by atoms with van der Waals surface area (Å²) >= 11 is 0. The van der Waals surface area contributed by atoms with Crippen LogP contribution in [0, 0.1) is 19.7 Å². The summed E-state index contributed by atoms with van der Waals surface area (Å²) in [5.74, 6) is -1.32.